The van der Waals surface area contributed by atoms with Crippen molar-refractivity contribution in [2.75, 3.05) is 13.1 Å². The van der Waals surface area contributed by atoms with E-state index in [1.807, 2.05) is 21.8 Å². The number of aromatic nitrogens is 5. The van der Waals surface area contributed by atoms with Crippen LogP contribution in [0.1, 0.15) is 76.5 Å². The molecule has 7 nitrogen and oxygen atoms in total. The predicted octanol–water partition coefficient (Wildman–Crippen LogP) is 3.00. The summed E-state index contributed by atoms with van der Waals surface area (Å²) in [4.78, 5) is 14.5. The van der Waals surface area contributed by atoms with Gasteiger partial charge in [-0.15, -0.1) is 10.2 Å². The average Bonchev–Trinajstić information content (AvgIpc) is 3.15. The molecule has 0 N–H and O–H groups in total. The molecule has 0 atom stereocenters. The van der Waals surface area contributed by atoms with Crippen LogP contribution in [-0.2, 0) is 11.3 Å². The number of hydrogen-bond acceptors (Lipinski definition) is 4. The lowest BCUT2D eigenvalue weighted by atomic mass is 9.90. The molecule has 1 saturated heterocycles. The maximum atomic E-state index is 12.5. The van der Waals surface area contributed by atoms with Crippen molar-refractivity contribution in [3.8, 4) is 0 Å². The third-order valence-electron chi connectivity index (χ3n) is 5.46. The van der Waals surface area contributed by atoms with Gasteiger partial charge in [0, 0.05) is 43.9 Å². The van der Waals surface area contributed by atoms with Crippen molar-refractivity contribution in [1.29, 1.82) is 0 Å². The van der Waals surface area contributed by atoms with Crippen LogP contribution in [0.15, 0.2) is 18.5 Å². The molecule has 146 valence electrons. The van der Waals surface area contributed by atoms with Gasteiger partial charge in [-0.25, -0.2) is 0 Å². The summed E-state index contributed by atoms with van der Waals surface area (Å²) in [5.74, 6) is 2.79. The summed E-state index contributed by atoms with van der Waals surface area (Å²) < 4.78 is 4.26. The van der Waals surface area contributed by atoms with Gasteiger partial charge in [-0.2, -0.15) is 5.10 Å². The van der Waals surface area contributed by atoms with Crippen LogP contribution in [0, 0.1) is 5.41 Å². The van der Waals surface area contributed by atoms with Gasteiger partial charge in [-0.3, -0.25) is 9.48 Å². The molecular weight excluding hydrogens is 340 g/mol. The molecule has 2 aromatic rings. The first-order valence-corrected chi connectivity index (χ1v) is 10.1. The van der Waals surface area contributed by atoms with E-state index in [9.17, 15) is 4.79 Å². The molecule has 4 rings (SSSR count). The lowest BCUT2D eigenvalue weighted by molar-refractivity contribution is -0.134. The first kappa shape index (κ1) is 18.2. The minimum absolute atomic E-state index is 0.0431. The minimum Gasteiger partial charge on any atom is -0.343 e. The zero-order valence-electron chi connectivity index (χ0n) is 16.6. The number of carbonyl (C=O) groups is 1. The number of nitrogens with zero attached hydrogens (tertiary/aromatic N) is 6. The minimum atomic E-state index is 0.0431. The molecule has 1 saturated carbocycles. The molecule has 0 radical (unpaired) electrons. The van der Waals surface area contributed by atoms with Gasteiger partial charge in [-0.1, -0.05) is 20.8 Å². The smallest absolute Gasteiger partial charge is 0.223 e. The molecule has 1 aliphatic carbocycles. The van der Waals surface area contributed by atoms with E-state index in [0.29, 0.717) is 24.9 Å². The lowest BCUT2D eigenvalue weighted by Crippen LogP contribution is -2.39. The molecule has 0 spiro atoms. The summed E-state index contributed by atoms with van der Waals surface area (Å²) in [6.07, 6.45) is 8.74. The Morgan fingerprint density at radius 2 is 1.89 bits per heavy atom. The highest BCUT2D eigenvalue weighted by atomic mass is 16.2. The fourth-order valence-electron chi connectivity index (χ4n) is 3.95. The summed E-state index contributed by atoms with van der Waals surface area (Å²) in [7, 11) is 0. The fourth-order valence-corrected chi connectivity index (χ4v) is 3.95. The van der Waals surface area contributed by atoms with Crippen LogP contribution in [0.25, 0.3) is 0 Å². The Labute approximate surface area is 160 Å². The zero-order valence-corrected chi connectivity index (χ0v) is 16.6. The van der Waals surface area contributed by atoms with Crippen molar-refractivity contribution in [1.82, 2.24) is 29.4 Å². The Balaban J connectivity index is 1.44. The third kappa shape index (κ3) is 4.22. The summed E-state index contributed by atoms with van der Waals surface area (Å²) >= 11 is 0. The first-order valence-electron chi connectivity index (χ1n) is 10.1. The Hall–Kier alpha value is -2.18. The summed E-state index contributed by atoms with van der Waals surface area (Å²) in [5, 5.41) is 13.4. The van der Waals surface area contributed by atoms with Gasteiger partial charge in [0.2, 0.25) is 5.91 Å². The largest absolute Gasteiger partial charge is 0.343 e. The number of likely N-dealkylation sites (tertiary alicyclic amines) is 1. The topological polar surface area (TPSA) is 68.8 Å². The van der Waals surface area contributed by atoms with Gasteiger partial charge in [0.1, 0.15) is 12.4 Å². The number of carbonyl (C=O) groups excluding carboxylic acids is 1. The van der Waals surface area contributed by atoms with E-state index in [1.165, 1.54) is 12.8 Å². The predicted molar refractivity (Wildman–Crippen MR) is 102 cm³/mol. The van der Waals surface area contributed by atoms with Crippen molar-refractivity contribution in [3.63, 3.8) is 0 Å². The Morgan fingerprint density at radius 1 is 1.15 bits per heavy atom. The van der Waals surface area contributed by atoms with E-state index in [0.717, 1.165) is 37.6 Å². The standard InChI is InChI=1S/C20H30N6O/c1-20(2,3)13-18(27)24-11-7-15(8-12-24)19-23-22-17(26(19)16-5-6-16)14-25-10-4-9-21-25/h4,9-10,15-16H,5-8,11-14H2,1-3H3. The zero-order chi connectivity index (χ0) is 19.0. The fraction of sp³-hybridized carbons (Fsp3) is 0.700. The molecule has 2 aliphatic rings. The van der Waals surface area contributed by atoms with Crippen LogP contribution in [0.5, 0.6) is 0 Å². The molecule has 0 unspecified atom stereocenters. The quantitative estimate of drug-likeness (QED) is 0.811. The van der Waals surface area contributed by atoms with Gasteiger partial charge >= 0.3 is 0 Å². The van der Waals surface area contributed by atoms with Crippen LogP contribution in [0.4, 0.5) is 0 Å². The van der Waals surface area contributed by atoms with Crippen molar-refractivity contribution in [3.05, 3.63) is 30.1 Å². The van der Waals surface area contributed by atoms with Crippen molar-refractivity contribution >= 4 is 5.91 Å². The van der Waals surface area contributed by atoms with Crippen LogP contribution in [0.3, 0.4) is 0 Å². The number of amides is 1. The highest BCUT2D eigenvalue weighted by molar-refractivity contribution is 5.76. The second-order valence-corrected chi connectivity index (χ2v) is 9.17. The molecule has 2 fully saturated rings. The maximum Gasteiger partial charge on any atom is 0.223 e. The van der Waals surface area contributed by atoms with Gasteiger partial charge in [0.25, 0.3) is 0 Å². The molecule has 7 heteroatoms. The second kappa shape index (κ2) is 7.09. The van der Waals surface area contributed by atoms with Crippen molar-refractivity contribution < 1.29 is 4.79 Å². The monoisotopic (exact) mass is 370 g/mol. The maximum absolute atomic E-state index is 12.5. The van der Waals surface area contributed by atoms with E-state index in [4.69, 9.17) is 0 Å². The Morgan fingerprint density at radius 3 is 2.48 bits per heavy atom. The molecule has 1 amide bonds. The molecule has 0 bridgehead atoms. The van der Waals surface area contributed by atoms with Crippen LogP contribution < -0.4 is 0 Å². The van der Waals surface area contributed by atoms with Crippen LogP contribution in [0.2, 0.25) is 0 Å². The molecule has 2 aromatic heterocycles. The molecular formula is C20H30N6O. The van der Waals surface area contributed by atoms with Crippen LogP contribution in [-0.4, -0.2) is 48.4 Å². The Bertz CT molecular complexity index is 776. The lowest BCUT2D eigenvalue weighted by Gasteiger charge is -2.33. The normalized spacial score (nSPS) is 18.9. The number of hydrogen-bond donors (Lipinski definition) is 0. The van der Waals surface area contributed by atoms with Crippen molar-refractivity contribution in [2.45, 2.75) is 71.4 Å². The first-order chi connectivity index (χ1) is 12.9. The van der Waals surface area contributed by atoms with E-state index in [-0.39, 0.29) is 11.3 Å². The summed E-state index contributed by atoms with van der Waals surface area (Å²) in [5.41, 5.74) is 0.0431. The van der Waals surface area contributed by atoms with Gasteiger partial charge < -0.3 is 9.47 Å². The highest BCUT2D eigenvalue weighted by Gasteiger charge is 2.34. The molecule has 0 aromatic carbocycles. The third-order valence-corrected chi connectivity index (χ3v) is 5.46. The highest BCUT2D eigenvalue weighted by Crippen LogP contribution is 2.40. The number of rotatable bonds is 5. The van der Waals surface area contributed by atoms with E-state index in [1.54, 1.807) is 6.20 Å². The number of piperidine rings is 1. The summed E-state index contributed by atoms with van der Waals surface area (Å²) in [6.45, 7) is 8.68. The van der Waals surface area contributed by atoms with E-state index < -0.39 is 0 Å². The molecule has 3 heterocycles. The van der Waals surface area contributed by atoms with E-state index >= 15 is 0 Å². The van der Waals surface area contributed by atoms with Gasteiger partial charge in [-0.05, 0) is 37.2 Å². The van der Waals surface area contributed by atoms with E-state index in [2.05, 4.69) is 40.6 Å². The SMILES string of the molecule is CC(C)(C)CC(=O)N1CCC(c2nnc(Cn3cccn3)n2C2CC2)CC1. The molecule has 27 heavy (non-hydrogen) atoms. The Kier molecular flexibility index (Phi) is 4.78. The van der Waals surface area contributed by atoms with Gasteiger partial charge in [0.05, 0.1) is 0 Å². The average molecular weight is 371 g/mol. The molecule has 1 aliphatic heterocycles. The summed E-state index contributed by atoms with van der Waals surface area (Å²) in [6, 6.07) is 2.48. The second-order valence-electron chi connectivity index (χ2n) is 9.17. The van der Waals surface area contributed by atoms with Gasteiger partial charge in [0.15, 0.2) is 5.82 Å². The van der Waals surface area contributed by atoms with Crippen LogP contribution >= 0.6 is 0 Å². The van der Waals surface area contributed by atoms with Crippen molar-refractivity contribution in [2.24, 2.45) is 5.41 Å².